The van der Waals surface area contributed by atoms with Crippen LogP contribution in [-0.4, -0.2) is 47.5 Å². The standard InChI is InChI=1S/C19H30O5/c1-14-17(11-16(21)9-10-20)23-19(2,3)24-18(14)13-22-12-15-7-5-4-6-8-15/h4-8,14,16-18,20-21H,9-13H2,1-3H3/t14-,16+,17+,18+/m1/s1. The van der Waals surface area contributed by atoms with Gasteiger partial charge in [-0.3, -0.25) is 0 Å². The molecule has 1 aliphatic heterocycles. The van der Waals surface area contributed by atoms with Crippen LogP contribution in [0.25, 0.3) is 0 Å². The molecular formula is C19H30O5. The van der Waals surface area contributed by atoms with E-state index in [1.807, 2.05) is 44.2 Å². The van der Waals surface area contributed by atoms with Crippen LogP contribution in [0, 0.1) is 5.92 Å². The second-order valence-corrected chi connectivity index (χ2v) is 6.97. The Morgan fingerprint density at radius 2 is 1.83 bits per heavy atom. The highest BCUT2D eigenvalue weighted by atomic mass is 16.7. The SMILES string of the molecule is C[C@H]1[C@H](COCc2ccccc2)OC(C)(C)O[C@H]1C[C@@H](O)CCO. The van der Waals surface area contributed by atoms with Gasteiger partial charge in [0.05, 0.1) is 31.5 Å². The molecule has 1 heterocycles. The topological polar surface area (TPSA) is 68.2 Å². The highest BCUT2D eigenvalue weighted by Crippen LogP contribution is 2.33. The molecule has 0 saturated carbocycles. The van der Waals surface area contributed by atoms with E-state index in [1.54, 1.807) is 0 Å². The van der Waals surface area contributed by atoms with E-state index in [4.69, 9.17) is 19.3 Å². The van der Waals surface area contributed by atoms with Gasteiger partial charge in [-0.2, -0.15) is 0 Å². The molecule has 136 valence electrons. The van der Waals surface area contributed by atoms with Crippen LogP contribution in [0.1, 0.15) is 39.2 Å². The Labute approximate surface area is 144 Å². The van der Waals surface area contributed by atoms with Crippen LogP contribution in [-0.2, 0) is 20.8 Å². The van der Waals surface area contributed by atoms with Gasteiger partial charge in [-0.25, -0.2) is 0 Å². The summed E-state index contributed by atoms with van der Waals surface area (Å²) in [7, 11) is 0. The summed E-state index contributed by atoms with van der Waals surface area (Å²) in [5.74, 6) is -0.612. The van der Waals surface area contributed by atoms with Crippen molar-refractivity contribution in [1.82, 2.24) is 0 Å². The Morgan fingerprint density at radius 3 is 2.50 bits per heavy atom. The number of ether oxygens (including phenoxy) is 3. The van der Waals surface area contributed by atoms with Gasteiger partial charge in [-0.05, 0) is 25.8 Å². The fraction of sp³-hybridized carbons (Fsp3) is 0.684. The predicted molar refractivity (Wildman–Crippen MR) is 91.4 cm³/mol. The van der Waals surface area contributed by atoms with E-state index in [1.165, 1.54) is 0 Å². The van der Waals surface area contributed by atoms with Gasteiger partial charge >= 0.3 is 0 Å². The van der Waals surface area contributed by atoms with Crippen molar-refractivity contribution in [3.8, 4) is 0 Å². The van der Waals surface area contributed by atoms with Crippen molar-refractivity contribution in [2.45, 2.75) is 64.3 Å². The van der Waals surface area contributed by atoms with E-state index in [2.05, 4.69) is 6.92 Å². The molecule has 2 rings (SSSR count). The molecule has 1 saturated heterocycles. The Bertz CT molecular complexity index is 476. The van der Waals surface area contributed by atoms with E-state index in [0.717, 1.165) is 5.56 Å². The lowest BCUT2D eigenvalue weighted by Gasteiger charge is -2.45. The lowest BCUT2D eigenvalue weighted by Crippen LogP contribution is -2.52. The number of rotatable bonds is 8. The van der Waals surface area contributed by atoms with Crippen LogP contribution in [0.3, 0.4) is 0 Å². The molecule has 5 heteroatoms. The van der Waals surface area contributed by atoms with Gasteiger partial charge in [-0.1, -0.05) is 37.3 Å². The first-order valence-electron chi connectivity index (χ1n) is 8.67. The van der Waals surface area contributed by atoms with Crippen LogP contribution in [0.5, 0.6) is 0 Å². The molecule has 2 N–H and O–H groups in total. The number of benzene rings is 1. The maximum Gasteiger partial charge on any atom is 0.163 e. The smallest absolute Gasteiger partial charge is 0.163 e. The van der Waals surface area contributed by atoms with E-state index in [0.29, 0.717) is 26.1 Å². The minimum Gasteiger partial charge on any atom is -0.396 e. The highest BCUT2D eigenvalue weighted by Gasteiger charge is 2.41. The van der Waals surface area contributed by atoms with Crippen LogP contribution in [0.2, 0.25) is 0 Å². The summed E-state index contributed by atoms with van der Waals surface area (Å²) < 4.78 is 17.8. The van der Waals surface area contributed by atoms with Gasteiger partial charge < -0.3 is 24.4 Å². The first-order valence-corrected chi connectivity index (χ1v) is 8.67. The molecule has 5 nitrogen and oxygen atoms in total. The molecule has 1 aromatic rings. The molecular weight excluding hydrogens is 308 g/mol. The van der Waals surface area contributed by atoms with E-state index >= 15 is 0 Å². The zero-order chi connectivity index (χ0) is 17.6. The van der Waals surface area contributed by atoms with Gasteiger partial charge in [0.1, 0.15) is 0 Å². The third-order valence-electron chi connectivity index (χ3n) is 4.40. The molecule has 0 radical (unpaired) electrons. The van der Waals surface area contributed by atoms with Crippen molar-refractivity contribution in [2.24, 2.45) is 5.92 Å². The summed E-state index contributed by atoms with van der Waals surface area (Å²) in [4.78, 5) is 0. The zero-order valence-corrected chi connectivity index (χ0v) is 14.9. The maximum absolute atomic E-state index is 9.99. The molecule has 0 spiro atoms. The molecule has 1 fully saturated rings. The lowest BCUT2D eigenvalue weighted by atomic mass is 9.91. The summed E-state index contributed by atoms with van der Waals surface area (Å²) in [5, 5.41) is 19.0. The van der Waals surface area contributed by atoms with Crippen molar-refractivity contribution < 1.29 is 24.4 Å². The van der Waals surface area contributed by atoms with Gasteiger partial charge in [-0.15, -0.1) is 0 Å². The minimum absolute atomic E-state index is 0.0220. The Hall–Kier alpha value is -0.980. The van der Waals surface area contributed by atoms with Crippen molar-refractivity contribution in [3.05, 3.63) is 35.9 Å². The highest BCUT2D eigenvalue weighted by molar-refractivity contribution is 5.13. The largest absolute Gasteiger partial charge is 0.396 e. The second kappa shape index (κ2) is 8.92. The fourth-order valence-electron chi connectivity index (χ4n) is 3.06. The Kier molecular flexibility index (Phi) is 7.19. The number of aliphatic hydroxyl groups excluding tert-OH is 2. The molecule has 24 heavy (non-hydrogen) atoms. The van der Waals surface area contributed by atoms with Gasteiger partial charge in [0.2, 0.25) is 0 Å². The lowest BCUT2D eigenvalue weighted by molar-refractivity contribution is -0.328. The van der Waals surface area contributed by atoms with Crippen LogP contribution in [0.4, 0.5) is 0 Å². The Morgan fingerprint density at radius 1 is 1.17 bits per heavy atom. The molecule has 0 amide bonds. The van der Waals surface area contributed by atoms with E-state index in [9.17, 15) is 5.11 Å². The predicted octanol–water partition coefficient (Wildman–Crippen LogP) is 2.49. The summed E-state index contributed by atoms with van der Waals surface area (Å²) >= 11 is 0. The molecule has 0 unspecified atom stereocenters. The first-order chi connectivity index (χ1) is 11.4. The summed E-state index contributed by atoms with van der Waals surface area (Å²) in [6.45, 7) is 6.83. The van der Waals surface area contributed by atoms with Crippen molar-refractivity contribution in [2.75, 3.05) is 13.2 Å². The van der Waals surface area contributed by atoms with Crippen molar-refractivity contribution in [1.29, 1.82) is 0 Å². The number of hydrogen-bond donors (Lipinski definition) is 2. The van der Waals surface area contributed by atoms with Gasteiger partial charge in [0, 0.05) is 18.9 Å². The molecule has 4 atom stereocenters. The van der Waals surface area contributed by atoms with E-state index in [-0.39, 0.29) is 24.7 Å². The quantitative estimate of drug-likeness (QED) is 0.762. The van der Waals surface area contributed by atoms with Crippen molar-refractivity contribution >= 4 is 0 Å². The summed E-state index contributed by atoms with van der Waals surface area (Å²) in [6.07, 6.45) is 0.0684. The van der Waals surface area contributed by atoms with Gasteiger partial charge in [0.25, 0.3) is 0 Å². The van der Waals surface area contributed by atoms with E-state index < -0.39 is 11.9 Å². The third kappa shape index (κ3) is 5.83. The van der Waals surface area contributed by atoms with Gasteiger partial charge in [0.15, 0.2) is 5.79 Å². The maximum atomic E-state index is 9.99. The molecule has 1 aromatic carbocycles. The number of aliphatic hydroxyl groups is 2. The monoisotopic (exact) mass is 338 g/mol. The minimum atomic E-state index is -0.711. The summed E-state index contributed by atoms with van der Waals surface area (Å²) in [5.41, 5.74) is 1.13. The molecule has 0 aliphatic carbocycles. The Balaban J connectivity index is 1.90. The third-order valence-corrected chi connectivity index (χ3v) is 4.40. The second-order valence-electron chi connectivity index (χ2n) is 6.97. The normalized spacial score (nSPS) is 27.8. The number of hydrogen-bond acceptors (Lipinski definition) is 5. The van der Waals surface area contributed by atoms with Crippen LogP contribution >= 0.6 is 0 Å². The van der Waals surface area contributed by atoms with Crippen molar-refractivity contribution in [3.63, 3.8) is 0 Å². The first kappa shape index (κ1) is 19.3. The molecule has 0 bridgehead atoms. The average Bonchev–Trinajstić information content (AvgIpc) is 2.52. The average molecular weight is 338 g/mol. The summed E-state index contributed by atoms with van der Waals surface area (Å²) in [6, 6.07) is 10.0. The molecule has 1 aliphatic rings. The van der Waals surface area contributed by atoms with Crippen LogP contribution < -0.4 is 0 Å². The fourth-order valence-corrected chi connectivity index (χ4v) is 3.06. The zero-order valence-electron chi connectivity index (χ0n) is 14.9. The van der Waals surface area contributed by atoms with Crippen LogP contribution in [0.15, 0.2) is 30.3 Å². The molecule has 0 aromatic heterocycles.